The third kappa shape index (κ3) is 5.15. The molecule has 1 aromatic heterocycles. The lowest BCUT2D eigenvalue weighted by Gasteiger charge is -2.09. The van der Waals surface area contributed by atoms with Crippen molar-refractivity contribution in [2.24, 2.45) is 0 Å². The molecular weight excluding hydrogens is 362 g/mol. The van der Waals surface area contributed by atoms with Gasteiger partial charge in [0.05, 0.1) is 12.2 Å². The third-order valence-electron chi connectivity index (χ3n) is 3.94. The molecular formula is C21H18ClN3O2. The van der Waals surface area contributed by atoms with Crippen molar-refractivity contribution in [1.29, 1.82) is 0 Å². The molecule has 0 fully saturated rings. The maximum absolute atomic E-state index is 12.4. The van der Waals surface area contributed by atoms with Crippen LogP contribution in [0.2, 0.25) is 5.02 Å². The third-order valence-corrected chi connectivity index (χ3v) is 4.31. The van der Waals surface area contributed by atoms with Crippen molar-refractivity contribution in [2.45, 2.75) is 13.1 Å². The molecule has 0 spiro atoms. The summed E-state index contributed by atoms with van der Waals surface area (Å²) in [7, 11) is 0. The van der Waals surface area contributed by atoms with E-state index in [9.17, 15) is 9.59 Å². The van der Waals surface area contributed by atoms with Crippen LogP contribution in [0.25, 0.3) is 0 Å². The average molecular weight is 380 g/mol. The van der Waals surface area contributed by atoms with Gasteiger partial charge in [0.25, 0.3) is 11.8 Å². The van der Waals surface area contributed by atoms with Crippen LogP contribution in [-0.2, 0) is 13.1 Å². The van der Waals surface area contributed by atoms with Gasteiger partial charge in [0.15, 0.2) is 0 Å². The van der Waals surface area contributed by atoms with Gasteiger partial charge in [-0.1, -0.05) is 41.9 Å². The number of nitrogens with one attached hydrogen (secondary N) is 2. The molecule has 0 radical (unpaired) electrons. The minimum Gasteiger partial charge on any atom is -0.348 e. The first-order chi connectivity index (χ1) is 13.1. The number of hydrogen-bond donors (Lipinski definition) is 2. The van der Waals surface area contributed by atoms with Crippen molar-refractivity contribution in [3.8, 4) is 0 Å². The lowest BCUT2D eigenvalue weighted by molar-refractivity contribution is 0.0950. The van der Waals surface area contributed by atoms with Crippen LogP contribution in [0.5, 0.6) is 0 Å². The smallest absolute Gasteiger partial charge is 0.251 e. The van der Waals surface area contributed by atoms with Crippen molar-refractivity contribution in [3.63, 3.8) is 0 Å². The minimum atomic E-state index is -0.269. The van der Waals surface area contributed by atoms with Crippen LogP contribution >= 0.6 is 11.6 Å². The number of pyridine rings is 1. The molecule has 0 aliphatic heterocycles. The maximum Gasteiger partial charge on any atom is 0.251 e. The van der Waals surface area contributed by atoms with E-state index in [1.54, 1.807) is 36.5 Å². The number of nitrogens with zero attached hydrogens (tertiary/aromatic N) is 1. The Labute approximate surface area is 162 Å². The first kappa shape index (κ1) is 18.6. The van der Waals surface area contributed by atoms with Crippen molar-refractivity contribution in [2.75, 3.05) is 0 Å². The molecule has 5 nitrogen and oxygen atoms in total. The Hall–Kier alpha value is -3.18. The van der Waals surface area contributed by atoms with E-state index in [2.05, 4.69) is 15.6 Å². The lowest BCUT2D eigenvalue weighted by atomic mass is 10.1. The zero-order valence-electron chi connectivity index (χ0n) is 14.5. The van der Waals surface area contributed by atoms with Crippen LogP contribution in [0.4, 0.5) is 0 Å². The van der Waals surface area contributed by atoms with Gasteiger partial charge in [-0.25, -0.2) is 0 Å². The molecule has 2 aromatic carbocycles. The highest BCUT2D eigenvalue weighted by Gasteiger charge is 2.11. The number of benzene rings is 2. The van der Waals surface area contributed by atoms with Crippen LogP contribution in [0, 0.1) is 0 Å². The summed E-state index contributed by atoms with van der Waals surface area (Å²) in [5.74, 6) is -0.532. The molecule has 6 heteroatoms. The van der Waals surface area contributed by atoms with Gasteiger partial charge in [-0.3, -0.25) is 14.6 Å². The van der Waals surface area contributed by atoms with Gasteiger partial charge >= 0.3 is 0 Å². The topological polar surface area (TPSA) is 71.1 Å². The molecule has 3 rings (SSSR count). The highest BCUT2D eigenvalue weighted by atomic mass is 35.5. The molecule has 0 saturated heterocycles. The van der Waals surface area contributed by atoms with Crippen LogP contribution in [0.3, 0.4) is 0 Å². The second-order valence-corrected chi connectivity index (χ2v) is 6.27. The highest BCUT2D eigenvalue weighted by molar-refractivity contribution is 6.31. The number of carbonyl (C=O) groups excluding carboxylic acids is 2. The van der Waals surface area contributed by atoms with Gasteiger partial charge < -0.3 is 10.6 Å². The van der Waals surface area contributed by atoms with Gasteiger partial charge in [0.2, 0.25) is 0 Å². The van der Waals surface area contributed by atoms with Crippen LogP contribution in [-0.4, -0.2) is 16.8 Å². The minimum absolute atomic E-state index is 0.263. The number of aromatic nitrogens is 1. The fourth-order valence-electron chi connectivity index (χ4n) is 2.50. The van der Waals surface area contributed by atoms with Crippen molar-refractivity contribution in [3.05, 3.63) is 100 Å². The Bertz CT molecular complexity index is 945. The molecule has 3 aromatic rings. The second kappa shape index (κ2) is 8.96. The van der Waals surface area contributed by atoms with E-state index in [1.165, 1.54) is 0 Å². The zero-order chi connectivity index (χ0) is 19.1. The highest BCUT2D eigenvalue weighted by Crippen LogP contribution is 2.14. The van der Waals surface area contributed by atoms with Gasteiger partial charge in [-0.15, -0.1) is 0 Å². The number of rotatable bonds is 6. The molecule has 0 aliphatic carbocycles. The summed E-state index contributed by atoms with van der Waals surface area (Å²) < 4.78 is 0. The van der Waals surface area contributed by atoms with Gasteiger partial charge in [0.1, 0.15) is 0 Å². The summed E-state index contributed by atoms with van der Waals surface area (Å²) >= 11 is 6.10. The lowest BCUT2D eigenvalue weighted by Crippen LogP contribution is -2.25. The monoisotopic (exact) mass is 379 g/mol. The van der Waals surface area contributed by atoms with Crippen LogP contribution < -0.4 is 10.6 Å². The van der Waals surface area contributed by atoms with E-state index in [-0.39, 0.29) is 11.8 Å². The summed E-state index contributed by atoms with van der Waals surface area (Å²) in [6, 6.07) is 19.4. The number of carbonyl (C=O) groups is 2. The number of hydrogen-bond acceptors (Lipinski definition) is 3. The summed E-state index contributed by atoms with van der Waals surface area (Å²) in [6.07, 6.45) is 1.67. The summed E-state index contributed by atoms with van der Waals surface area (Å²) in [5, 5.41) is 6.21. The largest absolute Gasteiger partial charge is 0.348 e. The molecule has 0 unspecified atom stereocenters. The quantitative estimate of drug-likeness (QED) is 0.687. The van der Waals surface area contributed by atoms with E-state index in [0.717, 1.165) is 11.3 Å². The molecule has 0 aliphatic rings. The first-order valence-electron chi connectivity index (χ1n) is 8.43. The molecule has 2 N–H and O–H groups in total. The molecule has 0 saturated carbocycles. The molecule has 0 atom stereocenters. The van der Waals surface area contributed by atoms with Crippen LogP contribution in [0.1, 0.15) is 32.0 Å². The zero-order valence-corrected chi connectivity index (χ0v) is 15.2. The Morgan fingerprint density at radius 2 is 1.48 bits per heavy atom. The molecule has 27 heavy (non-hydrogen) atoms. The number of amides is 2. The Morgan fingerprint density at radius 3 is 2.15 bits per heavy atom. The first-order valence-corrected chi connectivity index (χ1v) is 8.81. The summed E-state index contributed by atoms with van der Waals surface area (Å²) in [4.78, 5) is 28.9. The van der Waals surface area contributed by atoms with Crippen molar-refractivity contribution in [1.82, 2.24) is 15.6 Å². The summed E-state index contributed by atoms with van der Waals surface area (Å²) in [6.45, 7) is 0.636. The average Bonchev–Trinajstić information content (AvgIpc) is 2.72. The summed E-state index contributed by atoms with van der Waals surface area (Å²) in [5.41, 5.74) is 2.42. The van der Waals surface area contributed by atoms with Crippen molar-refractivity contribution < 1.29 is 9.59 Å². The Morgan fingerprint density at radius 1 is 0.815 bits per heavy atom. The van der Waals surface area contributed by atoms with Gasteiger partial charge in [0, 0.05) is 28.9 Å². The van der Waals surface area contributed by atoms with Gasteiger partial charge in [-0.05, 0) is 42.0 Å². The van der Waals surface area contributed by atoms with E-state index in [1.807, 2.05) is 36.4 Å². The maximum atomic E-state index is 12.4. The number of halogens is 1. The van der Waals surface area contributed by atoms with E-state index >= 15 is 0 Å². The predicted molar refractivity (Wildman–Crippen MR) is 104 cm³/mol. The van der Waals surface area contributed by atoms with E-state index < -0.39 is 0 Å². The molecule has 0 bridgehead atoms. The molecule has 1 heterocycles. The second-order valence-electron chi connectivity index (χ2n) is 5.86. The predicted octanol–water partition coefficient (Wildman–Crippen LogP) is 3.60. The van der Waals surface area contributed by atoms with E-state index in [0.29, 0.717) is 29.2 Å². The van der Waals surface area contributed by atoms with Crippen molar-refractivity contribution >= 4 is 23.4 Å². The normalized spacial score (nSPS) is 10.3. The van der Waals surface area contributed by atoms with Crippen LogP contribution in [0.15, 0.2) is 72.9 Å². The Kier molecular flexibility index (Phi) is 6.18. The Balaban J connectivity index is 1.61. The molecule has 136 valence electrons. The SMILES string of the molecule is O=C(NCc1ccccn1)c1cccc(C(=O)NCc2ccccc2Cl)c1. The fourth-order valence-corrected chi connectivity index (χ4v) is 2.70. The molecule has 2 amide bonds. The van der Waals surface area contributed by atoms with E-state index in [4.69, 9.17) is 11.6 Å². The van der Waals surface area contributed by atoms with Gasteiger partial charge in [-0.2, -0.15) is 0 Å². The standard InChI is InChI=1S/C21H18ClN3O2/c22-19-10-2-1-6-17(19)13-24-20(26)15-7-5-8-16(12-15)21(27)25-14-18-9-3-4-11-23-18/h1-12H,13-14H2,(H,24,26)(H,25,27). The fraction of sp³-hybridized carbons (Fsp3) is 0.0952.